The molecule has 0 amide bonds. The minimum Gasteiger partial charge on any atom is -0.0958 e. The summed E-state index contributed by atoms with van der Waals surface area (Å²) in [5.74, 6) is 1.53. The summed E-state index contributed by atoms with van der Waals surface area (Å²) in [6.07, 6.45) is 9.64. The van der Waals surface area contributed by atoms with E-state index in [4.69, 9.17) is 0 Å². The van der Waals surface area contributed by atoms with E-state index in [0.717, 1.165) is 12.3 Å². The van der Waals surface area contributed by atoms with Crippen LogP contribution >= 0.6 is 0 Å². The van der Waals surface area contributed by atoms with Crippen LogP contribution in [0.25, 0.3) is 0 Å². The van der Waals surface area contributed by atoms with Crippen molar-refractivity contribution in [2.24, 2.45) is 11.8 Å². The lowest BCUT2D eigenvalue weighted by atomic mass is 9.90. The second kappa shape index (κ2) is 25.2. The summed E-state index contributed by atoms with van der Waals surface area (Å²) >= 11 is 0. The largest absolute Gasteiger partial charge is 0.0958 e. The van der Waals surface area contributed by atoms with Gasteiger partial charge in [-0.25, -0.2) is 0 Å². The second-order valence-electron chi connectivity index (χ2n) is 8.31. The Kier molecular flexibility index (Phi) is 31.6. The summed E-state index contributed by atoms with van der Waals surface area (Å²) in [5.41, 5.74) is 5.75. The van der Waals surface area contributed by atoms with Crippen molar-refractivity contribution in [2.45, 2.75) is 129 Å². The van der Waals surface area contributed by atoms with Crippen LogP contribution in [-0.4, -0.2) is 0 Å². The van der Waals surface area contributed by atoms with Crippen molar-refractivity contribution in [1.82, 2.24) is 0 Å². The second-order valence-corrected chi connectivity index (χ2v) is 8.31. The van der Waals surface area contributed by atoms with Gasteiger partial charge in [-0.05, 0) is 56.1 Å². The van der Waals surface area contributed by atoms with Gasteiger partial charge in [-0.1, -0.05) is 119 Å². The van der Waals surface area contributed by atoms with Crippen LogP contribution in [0.15, 0.2) is 34.9 Å². The van der Waals surface area contributed by atoms with Gasteiger partial charge >= 0.3 is 0 Å². The number of hydrogen-bond donors (Lipinski definition) is 0. The van der Waals surface area contributed by atoms with Gasteiger partial charge < -0.3 is 0 Å². The van der Waals surface area contributed by atoms with Gasteiger partial charge in [0.15, 0.2) is 0 Å². The maximum absolute atomic E-state index is 4.18. The molecular formula is C27H56. The van der Waals surface area contributed by atoms with Gasteiger partial charge in [0.25, 0.3) is 0 Å². The van der Waals surface area contributed by atoms with Crippen LogP contribution in [-0.2, 0) is 0 Å². The van der Waals surface area contributed by atoms with Gasteiger partial charge in [-0.3, -0.25) is 0 Å². The van der Waals surface area contributed by atoms with Crippen LogP contribution in [0.3, 0.4) is 0 Å². The van der Waals surface area contributed by atoms with Crippen LogP contribution in [0, 0.1) is 11.8 Å². The first-order valence-corrected chi connectivity index (χ1v) is 11.6. The molecule has 0 unspecified atom stereocenters. The maximum Gasteiger partial charge on any atom is -0.0250 e. The molecule has 0 rings (SSSR count). The Morgan fingerprint density at radius 1 is 0.815 bits per heavy atom. The summed E-state index contributed by atoms with van der Waals surface area (Å²) in [7, 11) is 0. The van der Waals surface area contributed by atoms with E-state index in [1.54, 1.807) is 0 Å². The minimum absolute atomic E-state index is 0.698. The smallest absolute Gasteiger partial charge is 0.0250 e. The quantitative estimate of drug-likeness (QED) is 0.367. The fourth-order valence-electron chi connectivity index (χ4n) is 2.33. The van der Waals surface area contributed by atoms with E-state index in [1.807, 2.05) is 13.8 Å². The first-order chi connectivity index (χ1) is 12.6. The molecule has 0 nitrogen and oxygen atoms in total. The zero-order valence-corrected chi connectivity index (χ0v) is 21.7. The van der Waals surface area contributed by atoms with Crippen molar-refractivity contribution in [2.75, 3.05) is 0 Å². The van der Waals surface area contributed by atoms with E-state index in [0.29, 0.717) is 5.92 Å². The Labute approximate surface area is 175 Å². The highest BCUT2D eigenvalue weighted by atomic mass is 14.1. The molecule has 0 radical (unpaired) electrons. The molecule has 0 aromatic carbocycles. The summed E-state index contributed by atoms with van der Waals surface area (Å²) in [4.78, 5) is 0. The lowest BCUT2D eigenvalue weighted by Gasteiger charge is -2.16. The molecule has 0 atom stereocenters. The van der Waals surface area contributed by atoms with Gasteiger partial charge in [0.05, 0.1) is 0 Å². The zero-order chi connectivity index (χ0) is 22.4. The molecule has 0 aromatic heterocycles. The highest BCUT2D eigenvalue weighted by molar-refractivity contribution is 5.39. The summed E-state index contributed by atoms with van der Waals surface area (Å²) in [5, 5.41) is 0. The number of hydrogen-bond acceptors (Lipinski definition) is 0. The van der Waals surface area contributed by atoms with Crippen LogP contribution in [0.5, 0.6) is 0 Å². The summed E-state index contributed by atoms with van der Waals surface area (Å²) in [6.45, 7) is 32.4. The predicted molar refractivity (Wildman–Crippen MR) is 133 cm³/mol. The molecule has 0 bridgehead atoms. The van der Waals surface area contributed by atoms with Crippen LogP contribution in [0.2, 0.25) is 0 Å². The lowest BCUT2D eigenvalue weighted by molar-refractivity contribution is 0.640. The fraction of sp³-hybridized carbons (Fsp3) is 0.778. The Bertz CT molecular complexity index is 361. The van der Waals surface area contributed by atoms with Crippen molar-refractivity contribution in [3.8, 4) is 0 Å². The third-order valence-electron chi connectivity index (χ3n) is 3.10. The van der Waals surface area contributed by atoms with E-state index in [-0.39, 0.29) is 0 Å². The van der Waals surface area contributed by atoms with Crippen molar-refractivity contribution in [3.05, 3.63) is 34.9 Å². The van der Waals surface area contributed by atoms with Crippen LogP contribution < -0.4 is 0 Å². The monoisotopic (exact) mass is 380 g/mol. The topological polar surface area (TPSA) is 0 Å². The maximum atomic E-state index is 4.18. The van der Waals surface area contributed by atoms with Gasteiger partial charge in [-0.2, -0.15) is 0 Å². The highest BCUT2D eigenvalue weighted by Gasteiger charge is 2.08. The lowest BCUT2D eigenvalue weighted by Crippen LogP contribution is -1.98. The van der Waals surface area contributed by atoms with E-state index < -0.39 is 0 Å². The standard InChI is InChI=1S/C18H32.C4H10.C3H8.C2H6/c1-8-10-16(7)13-17(11-9-2)18(15(5)6)12-14(3)4;1-4(2)3;1-3-2;1-2/h13-14H,5,8-12H2,1-4,6-7H3;4H,1-3H3;3H2,1-2H3;1-2H3/b16-13+,18-17-;;;. The molecule has 0 aliphatic rings. The summed E-state index contributed by atoms with van der Waals surface area (Å²) < 4.78 is 0. The molecular weight excluding hydrogens is 324 g/mol. The van der Waals surface area contributed by atoms with E-state index in [9.17, 15) is 0 Å². The van der Waals surface area contributed by atoms with Gasteiger partial charge in [0.2, 0.25) is 0 Å². The molecule has 27 heavy (non-hydrogen) atoms. The molecule has 0 aliphatic heterocycles. The van der Waals surface area contributed by atoms with E-state index in [1.165, 1.54) is 54.4 Å². The van der Waals surface area contributed by atoms with Crippen molar-refractivity contribution in [1.29, 1.82) is 0 Å². The molecule has 0 spiro atoms. The molecule has 0 aliphatic carbocycles. The molecule has 0 aromatic rings. The average molecular weight is 381 g/mol. The van der Waals surface area contributed by atoms with Crippen molar-refractivity contribution in [3.63, 3.8) is 0 Å². The first-order valence-electron chi connectivity index (χ1n) is 11.6. The van der Waals surface area contributed by atoms with Crippen molar-refractivity contribution >= 4 is 0 Å². The number of allylic oxidation sites excluding steroid dienone is 5. The molecule has 0 heteroatoms. The Balaban J connectivity index is -0.000000246. The highest BCUT2D eigenvalue weighted by Crippen LogP contribution is 2.26. The summed E-state index contributed by atoms with van der Waals surface area (Å²) in [6, 6.07) is 0. The molecule has 0 saturated carbocycles. The Morgan fingerprint density at radius 2 is 1.19 bits per heavy atom. The third kappa shape index (κ3) is 30.2. The van der Waals surface area contributed by atoms with Gasteiger partial charge in [-0.15, -0.1) is 0 Å². The van der Waals surface area contributed by atoms with E-state index in [2.05, 4.69) is 88.8 Å². The van der Waals surface area contributed by atoms with Crippen molar-refractivity contribution < 1.29 is 0 Å². The first kappa shape index (κ1) is 33.8. The Morgan fingerprint density at radius 3 is 1.44 bits per heavy atom. The number of rotatable bonds is 8. The molecule has 0 N–H and O–H groups in total. The molecule has 0 fully saturated rings. The van der Waals surface area contributed by atoms with Gasteiger partial charge in [0, 0.05) is 0 Å². The van der Waals surface area contributed by atoms with Crippen LogP contribution in [0.1, 0.15) is 129 Å². The van der Waals surface area contributed by atoms with Crippen LogP contribution in [0.4, 0.5) is 0 Å². The fourth-order valence-corrected chi connectivity index (χ4v) is 2.33. The molecule has 164 valence electrons. The zero-order valence-electron chi connectivity index (χ0n) is 21.7. The Hall–Kier alpha value is -0.780. The average Bonchev–Trinajstić information content (AvgIpc) is 2.54. The van der Waals surface area contributed by atoms with E-state index >= 15 is 0 Å². The minimum atomic E-state index is 0.698. The molecule has 0 saturated heterocycles. The van der Waals surface area contributed by atoms with Gasteiger partial charge in [0.1, 0.15) is 0 Å². The normalized spacial score (nSPS) is 11.4. The predicted octanol–water partition coefficient (Wildman–Crippen LogP) is 10.6. The SMILES string of the molecule is C=C(C)/C(CC(C)C)=C(\C=C(/C)CCC)CCC.CC.CC(C)C.CCC. The molecule has 0 heterocycles. The third-order valence-corrected chi connectivity index (χ3v) is 3.10.